The van der Waals surface area contributed by atoms with Crippen LogP contribution in [0.5, 0.6) is 11.5 Å². The maximum atomic E-state index is 15.0. The third-order valence-corrected chi connectivity index (χ3v) is 5.53. The standard InChI is InChI=1S/C23H27FN2O4/c1-5-15(6-2)23-19(27)8-7-16(25-23)10-18-13(3)9-20(22(24)14(18)4)29-12-17-11-21(28)30-26-17/h7-9,15,27H,5-6,10-12H2,1-4H3. The highest BCUT2D eigenvalue weighted by atomic mass is 19.1. The number of nitrogens with zero attached hydrogens (tertiary/aromatic N) is 2. The molecule has 1 N–H and O–H groups in total. The van der Waals surface area contributed by atoms with Crippen molar-refractivity contribution in [3.63, 3.8) is 0 Å². The van der Waals surface area contributed by atoms with Gasteiger partial charge in [-0.3, -0.25) is 4.98 Å². The molecule has 7 heteroatoms. The van der Waals surface area contributed by atoms with E-state index in [1.165, 1.54) is 0 Å². The number of oxime groups is 1. The van der Waals surface area contributed by atoms with E-state index in [9.17, 15) is 14.3 Å². The van der Waals surface area contributed by atoms with Crippen molar-refractivity contribution in [3.8, 4) is 11.5 Å². The average Bonchev–Trinajstić information content (AvgIpc) is 3.15. The van der Waals surface area contributed by atoms with Crippen LogP contribution in [0.15, 0.2) is 23.4 Å². The number of rotatable bonds is 8. The summed E-state index contributed by atoms with van der Waals surface area (Å²) in [7, 11) is 0. The van der Waals surface area contributed by atoms with E-state index in [-0.39, 0.29) is 30.4 Å². The van der Waals surface area contributed by atoms with Gasteiger partial charge in [-0.25, -0.2) is 9.18 Å². The summed E-state index contributed by atoms with van der Waals surface area (Å²) in [6.45, 7) is 7.76. The number of aryl methyl sites for hydroxylation is 1. The molecule has 1 aromatic heterocycles. The molecule has 160 valence electrons. The Labute approximate surface area is 175 Å². The fourth-order valence-corrected chi connectivity index (χ4v) is 3.69. The molecular weight excluding hydrogens is 387 g/mol. The molecule has 1 aliphatic rings. The van der Waals surface area contributed by atoms with Gasteiger partial charge in [-0.15, -0.1) is 0 Å². The minimum Gasteiger partial charge on any atom is -0.506 e. The van der Waals surface area contributed by atoms with Gasteiger partial charge >= 0.3 is 5.97 Å². The van der Waals surface area contributed by atoms with E-state index in [0.29, 0.717) is 23.4 Å². The van der Waals surface area contributed by atoms with Gasteiger partial charge in [0.05, 0.1) is 12.1 Å². The van der Waals surface area contributed by atoms with Crippen LogP contribution in [0, 0.1) is 19.7 Å². The van der Waals surface area contributed by atoms with Gasteiger partial charge in [0.1, 0.15) is 18.1 Å². The van der Waals surface area contributed by atoms with Gasteiger partial charge in [0.25, 0.3) is 0 Å². The highest BCUT2D eigenvalue weighted by Crippen LogP contribution is 2.32. The molecule has 2 aromatic rings. The summed E-state index contributed by atoms with van der Waals surface area (Å²) in [6.07, 6.45) is 2.29. The quantitative estimate of drug-likeness (QED) is 0.632. The Balaban J connectivity index is 1.82. The Morgan fingerprint density at radius 1 is 1.27 bits per heavy atom. The van der Waals surface area contributed by atoms with Crippen molar-refractivity contribution >= 4 is 11.7 Å². The summed E-state index contributed by atoms with van der Waals surface area (Å²) in [5.41, 5.74) is 4.12. The lowest BCUT2D eigenvalue weighted by Crippen LogP contribution is -2.12. The number of halogens is 1. The van der Waals surface area contributed by atoms with Crippen LogP contribution >= 0.6 is 0 Å². The Hall–Kier alpha value is -2.96. The van der Waals surface area contributed by atoms with E-state index >= 15 is 0 Å². The predicted molar refractivity (Wildman–Crippen MR) is 112 cm³/mol. The molecule has 0 fully saturated rings. The molecule has 0 saturated heterocycles. The molecule has 2 heterocycles. The molecule has 1 aliphatic heterocycles. The fraction of sp³-hybridized carbons (Fsp3) is 0.435. The van der Waals surface area contributed by atoms with Gasteiger partial charge in [-0.1, -0.05) is 19.0 Å². The summed E-state index contributed by atoms with van der Waals surface area (Å²) in [5.74, 6) is -0.374. The second-order valence-electron chi connectivity index (χ2n) is 7.59. The van der Waals surface area contributed by atoms with Gasteiger partial charge in [-0.2, -0.15) is 0 Å². The number of aromatic nitrogens is 1. The second kappa shape index (κ2) is 9.24. The van der Waals surface area contributed by atoms with Crippen LogP contribution in [-0.4, -0.2) is 28.4 Å². The van der Waals surface area contributed by atoms with Crippen molar-refractivity contribution in [3.05, 3.63) is 52.1 Å². The third kappa shape index (κ3) is 4.61. The van der Waals surface area contributed by atoms with Crippen LogP contribution in [0.25, 0.3) is 0 Å². The summed E-state index contributed by atoms with van der Waals surface area (Å²) in [4.78, 5) is 20.3. The van der Waals surface area contributed by atoms with Crippen molar-refractivity contribution in [2.75, 3.05) is 6.61 Å². The Bertz CT molecular complexity index is 984. The van der Waals surface area contributed by atoms with Gasteiger partial charge in [0, 0.05) is 18.0 Å². The highest BCUT2D eigenvalue weighted by Gasteiger charge is 2.21. The number of pyridine rings is 1. The fourth-order valence-electron chi connectivity index (χ4n) is 3.69. The largest absolute Gasteiger partial charge is 0.506 e. The van der Waals surface area contributed by atoms with E-state index < -0.39 is 11.8 Å². The minimum absolute atomic E-state index is 0.000805. The second-order valence-corrected chi connectivity index (χ2v) is 7.59. The molecule has 6 nitrogen and oxygen atoms in total. The molecule has 0 bridgehead atoms. The molecule has 0 spiro atoms. The molecular formula is C23H27FN2O4. The zero-order valence-corrected chi connectivity index (χ0v) is 17.8. The van der Waals surface area contributed by atoms with Gasteiger partial charge in [-0.05, 0) is 61.6 Å². The predicted octanol–water partition coefficient (Wildman–Crippen LogP) is 4.72. The lowest BCUT2D eigenvalue weighted by molar-refractivity contribution is -0.140. The molecule has 3 rings (SSSR count). The number of benzene rings is 1. The Morgan fingerprint density at radius 3 is 2.63 bits per heavy atom. The molecule has 1 aromatic carbocycles. The van der Waals surface area contributed by atoms with Crippen molar-refractivity contribution in [2.24, 2.45) is 5.16 Å². The van der Waals surface area contributed by atoms with E-state index in [2.05, 4.69) is 28.8 Å². The van der Waals surface area contributed by atoms with Crippen molar-refractivity contribution in [1.29, 1.82) is 0 Å². The van der Waals surface area contributed by atoms with Crippen LogP contribution in [0.1, 0.15) is 67.1 Å². The Kier molecular flexibility index (Phi) is 6.70. The van der Waals surface area contributed by atoms with E-state index in [0.717, 1.165) is 29.7 Å². The summed E-state index contributed by atoms with van der Waals surface area (Å²) in [5, 5.41) is 13.8. The molecule has 0 saturated carbocycles. The molecule has 0 unspecified atom stereocenters. The zero-order chi connectivity index (χ0) is 21.8. The van der Waals surface area contributed by atoms with Gasteiger partial charge in [0.15, 0.2) is 11.6 Å². The van der Waals surface area contributed by atoms with Gasteiger partial charge < -0.3 is 14.7 Å². The average molecular weight is 414 g/mol. The monoisotopic (exact) mass is 414 g/mol. The van der Waals surface area contributed by atoms with Crippen LogP contribution in [0.2, 0.25) is 0 Å². The number of aromatic hydroxyl groups is 1. The third-order valence-electron chi connectivity index (χ3n) is 5.53. The number of carbonyl (C=O) groups is 1. The van der Waals surface area contributed by atoms with Crippen LogP contribution in [0.4, 0.5) is 4.39 Å². The van der Waals surface area contributed by atoms with Crippen LogP contribution in [0.3, 0.4) is 0 Å². The van der Waals surface area contributed by atoms with E-state index in [1.807, 2.05) is 6.92 Å². The first kappa shape index (κ1) is 21.7. The molecule has 0 atom stereocenters. The molecule has 0 radical (unpaired) electrons. The minimum atomic E-state index is -0.444. The maximum Gasteiger partial charge on any atom is 0.340 e. The van der Waals surface area contributed by atoms with E-state index in [1.54, 1.807) is 25.1 Å². The highest BCUT2D eigenvalue weighted by molar-refractivity contribution is 6.02. The zero-order valence-electron chi connectivity index (χ0n) is 17.8. The Morgan fingerprint density at radius 2 is 2.00 bits per heavy atom. The smallest absolute Gasteiger partial charge is 0.340 e. The lowest BCUT2D eigenvalue weighted by atomic mass is 9.95. The topological polar surface area (TPSA) is 81.0 Å². The number of ether oxygens (including phenoxy) is 1. The molecule has 0 aliphatic carbocycles. The summed E-state index contributed by atoms with van der Waals surface area (Å²) in [6, 6.07) is 5.09. The molecule has 0 amide bonds. The van der Waals surface area contributed by atoms with Crippen molar-refractivity contribution < 1.29 is 23.9 Å². The van der Waals surface area contributed by atoms with Crippen LogP contribution < -0.4 is 4.74 Å². The maximum absolute atomic E-state index is 15.0. The first-order chi connectivity index (χ1) is 14.3. The number of hydrogen-bond acceptors (Lipinski definition) is 6. The van der Waals surface area contributed by atoms with Gasteiger partial charge in [0.2, 0.25) is 0 Å². The number of hydrogen-bond donors (Lipinski definition) is 1. The summed E-state index contributed by atoms with van der Waals surface area (Å²) >= 11 is 0. The molecule has 30 heavy (non-hydrogen) atoms. The van der Waals surface area contributed by atoms with Crippen molar-refractivity contribution in [1.82, 2.24) is 4.98 Å². The normalized spacial score (nSPS) is 13.5. The lowest BCUT2D eigenvalue weighted by Gasteiger charge is -2.17. The summed E-state index contributed by atoms with van der Waals surface area (Å²) < 4.78 is 20.5. The van der Waals surface area contributed by atoms with Crippen molar-refractivity contribution in [2.45, 2.75) is 59.3 Å². The first-order valence-electron chi connectivity index (χ1n) is 10.2. The van der Waals surface area contributed by atoms with E-state index in [4.69, 9.17) is 4.74 Å². The number of carbonyl (C=O) groups excluding carboxylic acids is 1. The first-order valence-corrected chi connectivity index (χ1v) is 10.2. The van der Waals surface area contributed by atoms with Crippen LogP contribution in [-0.2, 0) is 16.1 Å². The SMILES string of the molecule is CCC(CC)c1nc(Cc2c(C)cc(OCC3=NOC(=O)C3)c(F)c2C)ccc1O.